The minimum Gasteiger partial charge on any atom is -0.340 e. The average molecular weight is 406 g/mol. The summed E-state index contributed by atoms with van der Waals surface area (Å²) in [7, 11) is -3.80. The van der Waals surface area contributed by atoms with Crippen LogP contribution in [0.5, 0.6) is 0 Å². The summed E-state index contributed by atoms with van der Waals surface area (Å²) >= 11 is 0. The van der Waals surface area contributed by atoms with Crippen molar-refractivity contribution in [3.05, 3.63) is 39.0 Å². The number of aromatic amines is 2. The fraction of sp³-hybridized carbons (Fsp3) is 0.500. The van der Waals surface area contributed by atoms with Gasteiger partial charge in [0.1, 0.15) is 0 Å². The van der Waals surface area contributed by atoms with Crippen LogP contribution in [0.4, 0.5) is 0 Å². The fourth-order valence-corrected chi connectivity index (χ4v) is 5.48. The molecular weight excluding hydrogens is 384 g/mol. The van der Waals surface area contributed by atoms with Crippen LogP contribution in [0.25, 0.3) is 10.9 Å². The first-order valence-electron chi connectivity index (χ1n) is 9.41. The van der Waals surface area contributed by atoms with Gasteiger partial charge < -0.3 is 9.88 Å². The van der Waals surface area contributed by atoms with Gasteiger partial charge in [-0.25, -0.2) is 13.2 Å². The van der Waals surface area contributed by atoms with E-state index in [2.05, 4.69) is 9.97 Å². The molecule has 10 heteroatoms. The SMILES string of the molecule is O=C(C1CCCC1)N1CCN(S(=O)(=O)c2ccc3[nH]c(=O)[nH]c(=O)c3c2)CC1. The summed E-state index contributed by atoms with van der Waals surface area (Å²) in [6, 6.07) is 4.07. The number of fused-ring (bicyclic) bond motifs is 1. The molecule has 1 aromatic heterocycles. The second-order valence-electron chi connectivity index (χ2n) is 7.33. The third-order valence-electron chi connectivity index (χ3n) is 5.60. The van der Waals surface area contributed by atoms with Crippen molar-refractivity contribution in [2.75, 3.05) is 26.2 Å². The van der Waals surface area contributed by atoms with Crippen molar-refractivity contribution in [1.29, 1.82) is 0 Å². The molecule has 28 heavy (non-hydrogen) atoms. The lowest BCUT2D eigenvalue weighted by atomic mass is 10.1. The molecule has 2 aromatic rings. The minimum absolute atomic E-state index is 0.00637. The van der Waals surface area contributed by atoms with Gasteiger partial charge >= 0.3 is 5.69 Å². The molecular formula is C18H22N4O5S. The van der Waals surface area contributed by atoms with Gasteiger partial charge in [-0.1, -0.05) is 12.8 Å². The van der Waals surface area contributed by atoms with Crippen molar-refractivity contribution in [1.82, 2.24) is 19.2 Å². The van der Waals surface area contributed by atoms with Crippen LogP contribution in [-0.2, 0) is 14.8 Å². The highest BCUT2D eigenvalue weighted by Gasteiger charge is 2.33. The number of sulfonamides is 1. The topological polar surface area (TPSA) is 123 Å². The number of carbonyl (C=O) groups excluding carboxylic acids is 1. The van der Waals surface area contributed by atoms with Crippen LogP contribution in [0.1, 0.15) is 25.7 Å². The van der Waals surface area contributed by atoms with E-state index in [-0.39, 0.29) is 40.7 Å². The number of amides is 1. The Balaban J connectivity index is 1.53. The second-order valence-corrected chi connectivity index (χ2v) is 9.26. The highest BCUT2D eigenvalue weighted by atomic mass is 32.2. The molecule has 150 valence electrons. The van der Waals surface area contributed by atoms with Gasteiger partial charge in [0.05, 0.1) is 15.8 Å². The number of piperazine rings is 1. The predicted octanol–water partition coefficient (Wildman–Crippen LogP) is 0.240. The van der Waals surface area contributed by atoms with Gasteiger partial charge in [-0.15, -0.1) is 0 Å². The zero-order valence-electron chi connectivity index (χ0n) is 15.3. The zero-order valence-corrected chi connectivity index (χ0v) is 16.1. The van der Waals surface area contributed by atoms with E-state index >= 15 is 0 Å². The number of nitrogens with one attached hydrogen (secondary N) is 2. The first-order chi connectivity index (χ1) is 13.4. The van der Waals surface area contributed by atoms with Crippen molar-refractivity contribution in [3.63, 3.8) is 0 Å². The fourth-order valence-electron chi connectivity index (χ4n) is 4.03. The highest BCUT2D eigenvalue weighted by molar-refractivity contribution is 7.89. The van der Waals surface area contributed by atoms with Crippen LogP contribution in [0.2, 0.25) is 0 Å². The lowest BCUT2D eigenvalue weighted by Gasteiger charge is -2.35. The monoisotopic (exact) mass is 406 g/mol. The lowest BCUT2D eigenvalue weighted by Crippen LogP contribution is -2.51. The maximum Gasteiger partial charge on any atom is 0.326 e. The van der Waals surface area contributed by atoms with E-state index < -0.39 is 21.3 Å². The Morgan fingerprint density at radius 2 is 1.68 bits per heavy atom. The number of carbonyl (C=O) groups is 1. The summed E-state index contributed by atoms with van der Waals surface area (Å²) in [6.45, 7) is 1.19. The van der Waals surface area contributed by atoms with Crippen molar-refractivity contribution in [3.8, 4) is 0 Å². The van der Waals surface area contributed by atoms with Crippen molar-refractivity contribution >= 4 is 26.8 Å². The predicted molar refractivity (Wildman–Crippen MR) is 102 cm³/mol. The molecule has 0 radical (unpaired) electrons. The van der Waals surface area contributed by atoms with Crippen molar-refractivity contribution < 1.29 is 13.2 Å². The number of rotatable bonds is 3. The molecule has 1 saturated heterocycles. The smallest absolute Gasteiger partial charge is 0.326 e. The van der Waals surface area contributed by atoms with E-state index in [1.807, 2.05) is 0 Å². The molecule has 2 heterocycles. The molecule has 0 atom stereocenters. The van der Waals surface area contributed by atoms with E-state index in [4.69, 9.17) is 0 Å². The number of hydrogen-bond acceptors (Lipinski definition) is 5. The van der Waals surface area contributed by atoms with Gasteiger partial charge in [0.15, 0.2) is 0 Å². The Labute approximate surface area is 161 Å². The third-order valence-corrected chi connectivity index (χ3v) is 7.50. The van der Waals surface area contributed by atoms with Gasteiger partial charge in [0.2, 0.25) is 15.9 Å². The van der Waals surface area contributed by atoms with E-state index in [9.17, 15) is 22.8 Å². The van der Waals surface area contributed by atoms with Gasteiger partial charge in [0, 0.05) is 32.1 Å². The van der Waals surface area contributed by atoms with Gasteiger partial charge in [-0.2, -0.15) is 4.31 Å². The molecule has 4 rings (SSSR count). The third kappa shape index (κ3) is 3.37. The van der Waals surface area contributed by atoms with Gasteiger partial charge in [-0.05, 0) is 31.0 Å². The first kappa shape index (κ1) is 18.9. The molecule has 2 N–H and O–H groups in total. The van der Waals surface area contributed by atoms with E-state index in [1.54, 1.807) is 4.90 Å². The number of aromatic nitrogens is 2. The normalized spacial score (nSPS) is 19.4. The summed E-state index contributed by atoms with van der Waals surface area (Å²) in [5.41, 5.74) is -1.00. The largest absolute Gasteiger partial charge is 0.340 e. The van der Waals surface area contributed by atoms with Crippen molar-refractivity contribution in [2.24, 2.45) is 5.92 Å². The summed E-state index contributed by atoms with van der Waals surface area (Å²) in [5, 5.41) is 0.107. The van der Waals surface area contributed by atoms with Crippen LogP contribution in [0.3, 0.4) is 0 Å². The standard InChI is InChI=1S/C18H22N4O5S/c23-16-14-11-13(5-6-15(14)19-18(25)20-16)28(26,27)22-9-7-21(8-10-22)17(24)12-3-1-2-4-12/h5-6,11-12H,1-4,7-10H2,(H2,19,20,23,25). The summed E-state index contributed by atoms with van der Waals surface area (Å²) in [5.74, 6) is 0.216. The Hall–Kier alpha value is -2.46. The molecule has 1 aliphatic heterocycles. The van der Waals surface area contributed by atoms with Gasteiger partial charge in [0.25, 0.3) is 5.56 Å². The van der Waals surface area contributed by atoms with Crippen LogP contribution >= 0.6 is 0 Å². The Morgan fingerprint density at radius 3 is 2.36 bits per heavy atom. The highest BCUT2D eigenvalue weighted by Crippen LogP contribution is 2.27. The molecule has 0 bridgehead atoms. The number of nitrogens with zero attached hydrogens (tertiary/aromatic N) is 2. The van der Waals surface area contributed by atoms with Gasteiger partial charge in [-0.3, -0.25) is 14.6 Å². The molecule has 1 aromatic carbocycles. The second kappa shape index (κ2) is 7.17. The molecule has 1 saturated carbocycles. The molecule has 1 aliphatic carbocycles. The number of benzene rings is 1. The summed E-state index contributed by atoms with van der Waals surface area (Å²) < 4.78 is 27.3. The van der Waals surface area contributed by atoms with E-state index in [1.165, 1.54) is 22.5 Å². The van der Waals surface area contributed by atoms with Crippen LogP contribution < -0.4 is 11.2 Å². The van der Waals surface area contributed by atoms with E-state index in [0.717, 1.165) is 25.7 Å². The molecule has 0 spiro atoms. The molecule has 1 amide bonds. The van der Waals surface area contributed by atoms with Crippen LogP contribution in [0, 0.1) is 5.92 Å². The quantitative estimate of drug-likeness (QED) is 0.756. The Bertz CT molecular complexity index is 1120. The van der Waals surface area contributed by atoms with Crippen molar-refractivity contribution in [2.45, 2.75) is 30.6 Å². The molecule has 2 fully saturated rings. The van der Waals surface area contributed by atoms with Crippen LogP contribution in [-0.4, -0.2) is 59.7 Å². The zero-order chi connectivity index (χ0) is 19.9. The van der Waals surface area contributed by atoms with E-state index in [0.29, 0.717) is 13.1 Å². The minimum atomic E-state index is -3.80. The molecule has 9 nitrogen and oxygen atoms in total. The molecule has 0 unspecified atom stereocenters. The Morgan fingerprint density at radius 1 is 1.00 bits per heavy atom. The maximum atomic E-state index is 13.0. The Kier molecular flexibility index (Phi) is 4.84. The summed E-state index contributed by atoms with van der Waals surface area (Å²) in [6.07, 6.45) is 4.00. The average Bonchev–Trinajstić information content (AvgIpc) is 3.22. The first-order valence-corrected chi connectivity index (χ1v) is 10.9. The summed E-state index contributed by atoms with van der Waals surface area (Å²) in [4.78, 5) is 42.2. The number of H-pyrrole nitrogens is 2. The molecule has 2 aliphatic rings. The maximum absolute atomic E-state index is 13.0. The number of hydrogen-bond donors (Lipinski definition) is 2. The van der Waals surface area contributed by atoms with Crippen LogP contribution in [0.15, 0.2) is 32.7 Å². The lowest BCUT2D eigenvalue weighted by molar-refractivity contribution is -0.136.